The number of sulfonamides is 1. The van der Waals surface area contributed by atoms with Gasteiger partial charge < -0.3 is 4.74 Å². The van der Waals surface area contributed by atoms with Crippen molar-refractivity contribution in [2.45, 2.75) is 36.6 Å². The van der Waals surface area contributed by atoms with Crippen LogP contribution in [0.25, 0.3) is 0 Å². The normalized spacial score (nSPS) is 18.0. The first-order valence-electron chi connectivity index (χ1n) is 7.34. The summed E-state index contributed by atoms with van der Waals surface area (Å²) in [4.78, 5) is 0.221. The van der Waals surface area contributed by atoms with E-state index < -0.39 is 15.6 Å². The Labute approximate surface area is 132 Å². The molecule has 0 amide bonds. The standard InChI is InChI=1S/C16H22N2O3S/c1-16(12-17,14-6-7-14)18(2)22(19,20)15-8-4-13(5-9-15)10-11-21-3/h4-5,8-9,14H,6-7,10-11H2,1-3H3. The third-order valence-corrected chi connectivity index (χ3v) is 6.40. The molecule has 1 aliphatic carbocycles. The Morgan fingerprint density at radius 1 is 1.36 bits per heavy atom. The summed E-state index contributed by atoms with van der Waals surface area (Å²) in [5.74, 6) is 0.123. The van der Waals surface area contributed by atoms with Gasteiger partial charge in [-0.1, -0.05) is 12.1 Å². The number of methoxy groups -OCH3 is 1. The van der Waals surface area contributed by atoms with Gasteiger partial charge in [0.2, 0.25) is 10.0 Å². The minimum absolute atomic E-state index is 0.123. The van der Waals surface area contributed by atoms with Gasteiger partial charge in [0.25, 0.3) is 0 Å². The summed E-state index contributed by atoms with van der Waals surface area (Å²) >= 11 is 0. The quantitative estimate of drug-likeness (QED) is 0.771. The van der Waals surface area contributed by atoms with Gasteiger partial charge in [0, 0.05) is 14.2 Å². The topological polar surface area (TPSA) is 70.4 Å². The first-order valence-corrected chi connectivity index (χ1v) is 8.78. The van der Waals surface area contributed by atoms with E-state index in [1.807, 2.05) is 0 Å². The Hall–Kier alpha value is -1.42. The second-order valence-electron chi connectivity index (χ2n) is 5.89. The molecule has 0 saturated heterocycles. The minimum atomic E-state index is -3.67. The highest BCUT2D eigenvalue weighted by Gasteiger charge is 2.49. The molecule has 1 saturated carbocycles. The van der Waals surface area contributed by atoms with E-state index in [4.69, 9.17) is 4.74 Å². The van der Waals surface area contributed by atoms with Crippen LogP contribution in [0.3, 0.4) is 0 Å². The molecule has 22 heavy (non-hydrogen) atoms. The van der Waals surface area contributed by atoms with Crippen molar-refractivity contribution in [1.82, 2.24) is 4.31 Å². The summed E-state index contributed by atoms with van der Waals surface area (Å²) in [7, 11) is -0.542. The van der Waals surface area contributed by atoms with Gasteiger partial charge in [-0.15, -0.1) is 0 Å². The number of hydrogen-bond acceptors (Lipinski definition) is 4. The molecule has 0 radical (unpaired) electrons. The van der Waals surface area contributed by atoms with Crippen LogP contribution >= 0.6 is 0 Å². The molecular formula is C16H22N2O3S. The summed E-state index contributed by atoms with van der Waals surface area (Å²) in [6.07, 6.45) is 2.55. The van der Waals surface area contributed by atoms with Crippen molar-refractivity contribution < 1.29 is 13.2 Å². The molecule has 2 rings (SSSR count). The molecule has 0 heterocycles. The molecule has 0 bridgehead atoms. The fourth-order valence-corrected chi connectivity index (χ4v) is 4.01. The minimum Gasteiger partial charge on any atom is -0.384 e. The van der Waals surface area contributed by atoms with Crippen molar-refractivity contribution in [3.05, 3.63) is 29.8 Å². The summed E-state index contributed by atoms with van der Waals surface area (Å²) in [6, 6.07) is 8.97. The summed E-state index contributed by atoms with van der Waals surface area (Å²) in [6.45, 7) is 2.30. The van der Waals surface area contributed by atoms with Crippen molar-refractivity contribution in [1.29, 1.82) is 5.26 Å². The lowest BCUT2D eigenvalue weighted by atomic mass is 9.99. The van der Waals surface area contributed by atoms with Gasteiger partial charge in [-0.05, 0) is 49.8 Å². The van der Waals surface area contributed by atoms with Crippen molar-refractivity contribution in [3.63, 3.8) is 0 Å². The fourth-order valence-electron chi connectivity index (χ4n) is 2.52. The largest absolute Gasteiger partial charge is 0.384 e. The highest BCUT2D eigenvalue weighted by atomic mass is 32.2. The smallest absolute Gasteiger partial charge is 0.244 e. The van der Waals surface area contributed by atoms with Crippen molar-refractivity contribution in [3.8, 4) is 6.07 Å². The molecule has 1 unspecified atom stereocenters. The van der Waals surface area contributed by atoms with E-state index in [-0.39, 0.29) is 10.8 Å². The van der Waals surface area contributed by atoms with Gasteiger partial charge >= 0.3 is 0 Å². The molecule has 1 aromatic carbocycles. The summed E-state index contributed by atoms with van der Waals surface area (Å²) < 4.78 is 31.7. The molecule has 1 atom stereocenters. The average Bonchev–Trinajstić information content (AvgIpc) is 3.37. The Balaban J connectivity index is 2.24. The maximum absolute atomic E-state index is 12.7. The number of hydrogen-bond donors (Lipinski definition) is 0. The zero-order valence-corrected chi connectivity index (χ0v) is 14.1. The molecule has 0 spiro atoms. The van der Waals surface area contributed by atoms with E-state index >= 15 is 0 Å². The second kappa shape index (κ2) is 6.37. The predicted octanol–water partition coefficient (Wildman–Crippen LogP) is 2.19. The fraction of sp³-hybridized carbons (Fsp3) is 0.562. The van der Waals surface area contributed by atoms with Crippen LogP contribution in [-0.4, -0.2) is 39.0 Å². The number of rotatable bonds is 7. The molecule has 0 aliphatic heterocycles. The van der Waals surface area contributed by atoms with Crippen LogP contribution in [0.5, 0.6) is 0 Å². The summed E-state index contributed by atoms with van der Waals surface area (Å²) in [5.41, 5.74) is 0.0433. The molecule has 5 nitrogen and oxygen atoms in total. The third kappa shape index (κ3) is 3.17. The summed E-state index contributed by atoms with van der Waals surface area (Å²) in [5, 5.41) is 9.45. The van der Waals surface area contributed by atoms with Crippen LogP contribution in [-0.2, 0) is 21.2 Å². The average molecular weight is 322 g/mol. The van der Waals surface area contributed by atoms with E-state index in [0.717, 1.165) is 24.8 Å². The van der Waals surface area contributed by atoms with Gasteiger partial charge in [-0.25, -0.2) is 8.42 Å². The Bertz CT molecular complexity index is 660. The van der Waals surface area contributed by atoms with E-state index in [2.05, 4.69) is 6.07 Å². The van der Waals surface area contributed by atoms with Gasteiger partial charge in [0.15, 0.2) is 0 Å². The number of benzene rings is 1. The Kier molecular flexibility index (Phi) is 4.90. The molecule has 6 heteroatoms. The van der Waals surface area contributed by atoms with E-state index in [1.54, 1.807) is 38.3 Å². The highest BCUT2D eigenvalue weighted by Crippen LogP contribution is 2.43. The first-order chi connectivity index (χ1) is 10.4. The van der Waals surface area contributed by atoms with Crippen LogP contribution in [0.15, 0.2) is 29.2 Å². The van der Waals surface area contributed by atoms with Crippen molar-refractivity contribution in [2.24, 2.45) is 5.92 Å². The molecule has 1 aromatic rings. The van der Waals surface area contributed by atoms with E-state index in [1.165, 1.54) is 11.4 Å². The number of ether oxygens (including phenoxy) is 1. The molecular weight excluding hydrogens is 300 g/mol. The number of nitrogens with zero attached hydrogens (tertiary/aromatic N) is 2. The zero-order chi connectivity index (χ0) is 16.4. The van der Waals surface area contributed by atoms with Gasteiger partial charge in [-0.2, -0.15) is 9.57 Å². The van der Waals surface area contributed by atoms with Crippen LogP contribution in [0.4, 0.5) is 0 Å². The van der Waals surface area contributed by atoms with Gasteiger partial charge in [0.05, 0.1) is 17.6 Å². The SMILES string of the molecule is COCCc1ccc(S(=O)(=O)N(C)C(C)(C#N)C2CC2)cc1. The second-order valence-corrected chi connectivity index (χ2v) is 7.86. The molecule has 0 N–H and O–H groups in total. The maximum Gasteiger partial charge on any atom is 0.244 e. The van der Waals surface area contributed by atoms with Crippen LogP contribution in [0, 0.1) is 17.2 Å². The van der Waals surface area contributed by atoms with Crippen LogP contribution in [0.1, 0.15) is 25.3 Å². The molecule has 0 aromatic heterocycles. The lowest BCUT2D eigenvalue weighted by molar-refractivity contribution is 0.202. The Morgan fingerprint density at radius 3 is 2.41 bits per heavy atom. The lowest BCUT2D eigenvalue weighted by Gasteiger charge is -2.32. The van der Waals surface area contributed by atoms with Crippen molar-refractivity contribution in [2.75, 3.05) is 20.8 Å². The van der Waals surface area contributed by atoms with Gasteiger partial charge in [0.1, 0.15) is 5.54 Å². The highest BCUT2D eigenvalue weighted by molar-refractivity contribution is 7.89. The van der Waals surface area contributed by atoms with Crippen LogP contribution in [0.2, 0.25) is 0 Å². The maximum atomic E-state index is 12.7. The van der Waals surface area contributed by atoms with Crippen molar-refractivity contribution >= 4 is 10.0 Å². The predicted molar refractivity (Wildman–Crippen MR) is 83.7 cm³/mol. The number of nitriles is 1. The molecule has 120 valence electrons. The molecule has 1 fully saturated rings. The van der Waals surface area contributed by atoms with E-state index in [0.29, 0.717) is 6.61 Å². The Morgan fingerprint density at radius 2 is 1.95 bits per heavy atom. The first kappa shape index (κ1) is 16.9. The lowest BCUT2D eigenvalue weighted by Crippen LogP contribution is -2.47. The molecule has 1 aliphatic rings. The van der Waals surface area contributed by atoms with Crippen LogP contribution < -0.4 is 0 Å². The monoisotopic (exact) mass is 322 g/mol. The zero-order valence-electron chi connectivity index (χ0n) is 13.2. The van der Waals surface area contributed by atoms with E-state index in [9.17, 15) is 13.7 Å². The van der Waals surface area contributed by atoms with Gasteiger partial charge in [-0.3, -0.25) is 0 Å². The third-order valence-electron chi connectivity index (χ3n) is 4.43.